The predicted molar refractivity (Wildman–Crippen MR) is 57.3 cm³/mol. The van der Waals surface area contributed by atoms with E-state index in [-0.39, 0.29) is 10.7 Å². The van der Waals surface area contributed by atoms with Gasteiger partial charge >= 0.3 is 0 Å². The molecule has 0 aromatic heterocycles. The molecule has 0 fully saturated rings. The highest BCUT2D eigenvalue weighted by molar-refractivity contribution is 7.89. The number of benzene rings is 1. The summed E-state index contributed by atoms with van der Waals surface area (Å²) in [5.74, 6) is -0.169. The molecule has 0 aliphatic heterocycles. The molecule has 15 heavy (non-hydrogen) atoms. The molecule has 1 aromatic rings. The fraction of sp³-hybridized carbons (Fsp3) is 0.300. The molecule has 2 N–H and O–H groups in total. The molecule has 0 atom stereocenters. The third kappa shape index (κ3) is 2.43. The van der Waals surface area contributed by atoms with E-state index in [1.165, 1.54) is 13.0 Å². The number of nitrogens with two attached hydrogens (primary N) is 1. The maximum Gasteiger partial charge on any atom is 0.238 e. The normalized spacial score (nSPS) is 11.5. The molecule has 0 saturated heterocycles. The average molecular weight is 227 g/mol. The van der Waals surface area contributed by atoms with Gasteiger partial charge in [-0.25, -0.2) is 13.6 Å². The smallest absolute Gasteiger partial charge is 0.238 e. The van der Waals surface area contributed by atoms with Crippen molar-refractivity contribution in [3.63, 3.8) is 0 Å². The number of aryl methyl sites for hydroxylation is 2. The van der Waals surface area contributed by atoms with Crippen LogP contribution < -0.4 is 5.14 Å². The number of carbonyl (C=O) groups is 1. The van der Waals surface area contributed by atoms with E-state index in [4.69, 9.17) is 5.14 Å². The number of primary sulfonamides is 1. The molecule has 0 saturated carbocycles. The second kappa shape index (κ2) is 3.75. The number of sulfonamides is 1. The lowest BCUT2D eigenvalue weighted by Crippen LogP contribution is -2.15. The molecule has 0 heterocycles. The molecule has 0 aliphatic rings. The second-order valence-electron chi connectivity index (χ2n) is 3.53. The van der Waals surface area contributed by atoms with Gasteiger partial charge in [-0.15, -0.1) is 0 Å². The van der Waals surface area contributed by atoms with Gasteiger partial charge in [-0.05, 0) is 38.0 Å². The molecule has 0 amide bonds. The van der Waals surface area contributed by atoms with Crippen molar-refractivity contribution >= 4 is 15.8 Å². The summed E-state index contributed by atoms with van der Waals surface area (Å²) >= 11 is 0. The molecule has 0 spiro atoms. The van der Waals surface area contributed by atoms with Crippen molar-refractivity contribution in [3.05, 3.63) is 28.8 Å². The maximum atomic E-state index is 11.2. The van der Waals surface area contributed by atoms with E-state index in [1.807, 2.05) is 0 Å². The second-order valence-corrected chi connectivity index (χ2v) is 5.06. The maximum absolute atomic E-state index is 11.2. The van der Waals surface area contributed by atoms with E-state index < -0.39 is 10.0 Å². The number of hydrogen-bond donors (Lipinski definition) is 1. The highest BCUT2D eigenvalue weighted by atomic mass is 32.2. The third-order valence-electron chi connectivity index (χ3n) is 2.21. The van der Waals surface area contributed by atoms with Crippen LogP contribution in [0.1, 0.15) is 28.4 Å². The van der Waals surface area contributed by atoms with E-state index in [9.17, 15) is 13.2 Å². The minimum Gasteiger partial charge on any atom is -0.295 e. The first-order valence-electron chi connectivity index (χ1n) is 4.38. The molecular formula is C10H13NO3S. The van der Waals surface area contributed by atoms with Crippen LogP contribution in [0.3, 0.4) is 0 Å². The van der Waals surface area contributed by atoms with Crippen LogP contribution in [0.5, 0.6) is 0 Å². The lowest BCUT2D eigenvalue weighted by atomic mass is 10.0. The monoisotopic (exact) mass is 227 g/mol. The zero-order chi connectivity index (χ0) is 11.8. The fourth-order valence-electron chi connectivity index (χ4n) is 1.52. The van der Waals surface area contributed by atoms with E-state index in [1.54, 1.807) is 19.9 Å². The first kappa shape index (κ1) is 11.9. The predicted octanol–water partition coefficient (Wildman–Crippen LogP) is 1.15. The zero-order valence-electron chi connectivity index (χ0n) is 8.87. The van der Waals surface area contributed by atoms with Gasteiger partial charge in [0, 0.05) is 5.56 Å². The Morgan fingerprint density at radius 3 is 2.13 bits per heavy atom. The van der Waals surface area contributed by atoms with Gasteiger partial charge in [-0.2, -0.15) is 0 Å². The quantitative estimate of drug-likeness (QED) is 0.770. The molecular weight excluding hydrogens is 214 g/mol. The molecule has 0 bridgehead atoms. The van der Waals surface area contributed by atoms with Crippen molar-refractivity contribution in [3.8, 4) is 0 Å². The Bertz CT molecular complexity index is 518. The summed E-state index contributed by atoms with van der Waals surface area (Å²) in [5.41, 5.74) is 1.71. The largest absolute Gasteiger partial charge is 0.295 e. The summed E-state index contributed by atoms with van der Waals surface area (Å²) in [6.07, 6.45) is 0. The van der Waals surface area contributed by atoms with Gasteiger partial charge in [0.15, 0.2) is 5.78 Å². The summed E-state index contributed by atoms with van der Waals surface area (Å²) in [7, 11) is -3.76. The van der Waals surface area contributed by atoms with Gasteiger partial charge in [0.05, 0.1) is 4.90 Å². The molecule has 5 heteroatoms. The van der Waals surface area contributed by atoms with Gasteiger partial charge in [-0.3, -0.25) is 4.79 Å². The zero-order valence-corrected chi connectivity index (χ0v) is 9.68. The van der Waals surface area contributed by atoms with Gasteiger partial charge in [0.25, 0.3) is 0 Å². The van der Waals surface area contributed by atoms with Gasteiger partial charge in [0.1, 0.15) is 0 Å². The SMILES string of the molecule is CC(=O)c1cc(S(N)(=O)=O)c(C)cc1C. The first-order chi connectivity index (χ1) is 6.73. The molecule has 1 aromatic carbocycles. The van der Waals surface area contributed by atoms with Crippen LogP contribution in [0.4, 0.5) is 0 Å². The Labute approximate surface area is 89.2 Å². The minimum atomic E-state index is -3.76. The van der Waals surface area contributed by atoms with Crippen LogP contribution in [-0.4, -0.2) is 14.2 Å². The standard InChI is InChI=1S/C10H13NO3S/c1-6-4-7(2)10(15(11,13)14)5-9(6)8(3)12/h4-5H,1-3H3,(H2,11,13,14). The number of carbonyl (C=O) groups excluding carboxylic acids is 1. The van der Waals surface area contributed by atoms with E-state index in [0.717, 1.165) is 5.56 Å². The van der Waals surface area contributed by atoms with E-state index in [0.29, 0.717) is 11.1 Å². The summed E-state index contributed by atoms with van der Waals surface area (Å²) in [5, 5.41) is 5.04. The van der Waals surface area contributed by atoms with Crippen LogP contribution in [0.2, 0.25) is 0 Å². The summed E-state index contributed by atoms with van der Waals surface area (Å²) in [4.78, 5) is 11.2. The van der Waals surface area contributed by atoms with Crippen molar-refractivity contribution in [1.82, 2.24) is 0 Å². The summed E-state index contributed by atoms with van der Waals surface area (Å²) in [6, 6.07) is 2.98. The third-order valence-corrected chi connectivity index (χ3v) is 3.26. The Hall–Kier alpha value is -1.20. The van der Waals surface area contributed by atoms with Crippen LogP contribution in [0.25, 0.3) is 0 Å². The van der Waals surface area contributed by atoms with Crippen molar-refractivity contribution in [2.24, 2.45) is 5.14 Å². The number of hydrogen-bond acceptors (Lipinski definition) is 3. The summed E-state index contributed by atoms with van der Waals surface area (Å²) < 4.78 is 22.4. The van der Waals surface area contributed by atoms with Crippen LogP contribution >= 0.6 is 0 Å². The van der Waals surface area contributed by atoms with Crippen molar-refractivity contribution in [1.29, 1.82) is 0 Å². The van der Waals surface area contributed by atoms with Crippen LogP contribution in [0, 0.1) is 13.8 Å². The molecule has 4 nitrogen and oxygen atoms in total. The Morgan fingerprint density at radius 1 is 1.20 bits per heavy atom. The number of Topliss-reactive ketones (excluding diaryl/α,β-unsaturated/α-hetero) is 1. The molecule has 0 aliphatic carbocycles. The van der Waals surface area contributed by atoms with E-state index >= 15 is 0 Å². The lowest BCUT2D eigenvalue weighted by molar-refractivity contribution is 0.101. The van der Waals surface area contributed by atoms with Crippen LogP contribution in [-0.2, 0) is 10.0 Å². The Balaban J connectivity index is 3.58. The van der Waals surface area contributed by atoms with Gasteiger partial charge < -0.3 is 0 Å². The van der Waals surface area contributed by atoms with Gasteiger partial charge in [-0.1, -0.05) is 6.07 Å². The van der Waals surface area contributed by atoms with Crippen molar-refractivity contribution in [2.75, 3.05) is 0 Å². The molecule has 0 radical (unpaired) electrons. The van der Waals surface area contributed by atoms with Gasteiger partial charge in [0.2, 0.25) is 10.0 Å². The lowest BCUT2D eigenvalue weighted by Gasteiger charge is -2.08. The van der Waals surface area contributed by atoms with Crippen molar-refractivity contribution < 1.29 is 13.2 Å². The number of rotatable bonds is 2. The topological polar surface area (TPSA) is 77.2 Å². The highest BCUT2D eigenvalue weighted by Crippen LogP contribution is 2.19. The summed E-state index contributed by atoms with van der Waals surface area (Å²) in [6.45, 7) is 4.80. The van der Waals surface area contributed by atoms with E-state index in [2.05, 4.69) is 0 Å². The number of ketones is 1. The minimum absolute atomic E-state index is 0.0123. The molecule has 82 valence electrons. The Morgan fingerprint density at radius 2 is 1.73 bits per heavy atom. The fourth-order valence-corrected chi connectivity index (χ4v) is 2.31. The average Bonchev–Trinajstić information content (AvgIpc) is 2.00. The molecule has 1 rings (SSSR count). The Kier molecular flexibility index (Phi) is 2.97. The molecule has 0 unspecified atom stereocenters. The highest BCUT2D eigenvalue weighted by Gasteiger charge is 2.15. The van der Waals surface area contributed by atoms with Crippen molar-refractivity contribution in [2.45, 2.75) is 25.7 Å². The van der Waals surface area contributed by atoms with Crippen LogP contribution in [0.15, 0.2) is 17.0 Å². The first-order valence-corrected chi connectivity index (χ1v) is 5.93.